The van der Waals surface area contributed by atoms with E-state index in [2.05, 4.69) is 27.9 Å². The van der Waals surface area contributed by atoms with Crippen molar-refractivity contribution in [1.29, 1.82) is 0 Å². The fourth-order valence-corrected chi connectivity index (χ4v) is 2.97. The SMILES string of the molecule is CC(C)C[C@H](N)C(=O)Nc1csc(-c2ccc(C(C)S)nc2)n1. The summed E-state index contributed by atoms with van der Waals surface area (Å²) in [6.45, 7) is 6.05. The maximum atomic E-state index is 12.0. The summed E-state index contributed by atoms with van der Waals surface area (Å²) in [6.07, 6.45) is 2.42. The Balaban J connectivity index is 2.04. The third kappa shape index (κ3) is 5.02. The van der Waals surface area contributed by atoms with Gasteiger partial charge < -0.3 is 11.1 Å². The van der Waals surface area contributed by atoms with Crippen molar-refractivity contribution in [1.82, 2.24) is 9.97 Å². The van der Waals surface area contributed by atoms with Gasteiger partial charge in [-0.1, -0.05) is 13.8 Å². The van der Waals surface area contributed by atoms with Gasteiger partial charge in [-0.15, -0.1) is 11.3 Å². The van der Waals surface area contributed by atoms with Crippen LogP contribution in [-0.2, 0) is 4.79 Å². The summed E-state index contributed by atoms with van der Waals surface area (Å²) in [5.41, 5.74) is 7.71. The van der Waals surface area contributed by atoms with Gasteiger partial charge in [-0.3, -0.25) is 9.78 Å². The van der Waals surface area contributed by atoms with Crippen LogP contribution < -0.4 is 11.1 Å². The lowest BCUT2D eigenvalue weighted by Crippen LogP contribution is -2.36. The zero-order valence-electron chi connectivity index (χ0n) is 13.5. The van der Waals surface area contributed by atoms with Crippen LogP contribution in [-0.4, -0.2) is 21.9 Å². The number of nitrogens with two attached hydrogens (primary N) is 1. The zero-order chi connectivity index (χ0) is 17.0. The Kier molecular flexibility index (Phi) is 6.15. The molecule has 2 rings (SSSR count). The molecule has 0 saturated heterocycles. The lowest BCUT2D eigenvalue weighted by molar-refractivity contribution is -0.117. The number of pyridine rings is 1. The van der Waals surface area contributed by atoms with Crippen LogP contribution in [0.15, 0.2) is 23.7 Å². The van der Waals surface area contributed by atoms with Crippen molar-refractivity contribution in [2.24, 2.45) is 11.7 Å². The van der Waals surface area contributed by atoms with Crippen LogP contribution in [0.5, 0.6) is 0 Å². The van der Waals surface area contributed by atoms with Crippen LogP contribution in [0.3, 0.4) is 0 Å². The monoisotopic (exact) mass is 350 g/mol. The number of hydrogen-bond donors (Lipinski definition) is 3. The molecule has 0 aromatic carbocycles. The van der Waals surface area contributed by atoms with Crippen molar-refractivity contribution in [2.45, 2.75) is 38.5 Å². The van der Waals surface area contributed by atoms with Crippen molar-refractivity contribution in [3.8, 4) is 10.6 Å². The summed E-state index contributed by atoms with van der Waals surface area (Å²) >= 11 is 5.82. The largest absolute Gasteiger partial charge is 0.320 e. The number of amides is 1. The maximum absolute atomic E-state index is 12.0. The van der Waals surface area contributed by atoms with Crippen molar-refractivity contribution >= 4 is 35.7 Å². The van der Waals surface area contributed by atoms with Crippen molar-refractivity contribution in [2.75, 3.05) is 5.32 Å². The molecule has 3 N–H and O–H groups in total. The van der Waals surface area contributed by atoms with Crippen molar-refractivity contribution in [3.05, 3.63) is 29.4 Å². The number of nitrogens with zero attached hydrogens (tertiary/aromatic N) is 2. The molecule has 23 heavy (non-hydrogen) atoms. The van der Waals surface area contributed by atoms with E-state index in [4.69, 9.17) is 5.73 Å². The van der Waals surface area contributed by atoms with E-state index in [1.165, 1.54) is 11.3 Å². The van der Waals surface area contributed by atoms with E-state index in [-0.39, 0.29) is 11.2 Å². The van der Waals surface area contributed by atoms with Gasteiger partial charge in [0, 0.05) is 22.4 Å². The van der Waals surface area contributed by atoms with Gasteiger partial charge in [0.25, 0.3) is 0 Å². The molecule has 2 aromatic rings. The summed E-state index contributed by atoms with van der Waals surface area (Å²) in [7, 11) is 0. The predicted octanol–water partition coefficient (Wildman–Crippen LogP) is 3.51. The molecular formula is C16H22N4OS2. The molecule has 0 aliphatic heterocycles. The number of carbonyl (C=O) groups excluding carboxylic acids is 1. The second kappa shape index (κ2) is 7.90. The van der Waals surface area contributed by atoms with E-state index in [9.17, 15) is 4.79 Å². The van der Waals surface area contributed by atoms with Gasteiger partial charge in [-0.2, -0.15) is 12.6 Å². The molecule has 0 fully saturated rings. The maximum Gasteiger partial charge on any atom is 0.242 e. The normalized spacial score (nSPS) is 13.8. The summed E-state index contributed by atoms with van der Waals surface area (Å²) in [5, 5.41) is 5.48. The molecule has 0 aliphatic carbocycles. The number of aromatic nitrogens is 2. The fraction of sp³-hybridized carbons (Fsp3) is 0.438. The van der Waals surface area contributed by atoms with Crippen LogP contribution in [0.4, 0.5) is 5.82 Å². The first-order valence-electron chi connectivity index (χ1n) is 7.53. The predicted molar refractivity (Wildman–Crippen MR) is 98.8 cm³/mol. The fourth-order valence-electron chi connectivity index (χ4n) is 2.08. The highest BCUT2D eigenvalue weighted by Gasteiger charge is 2.16. The summed E-state index contributed by atoms with van der Waals surface area (Å²) in [5.74, 6) is 0.703. The molecule has 7 heteroatoms. The number of carbonyl (C=O) groups is 1. The summed E-state index contributed by atoms with van der Waals surface area (Å²) in [4.78, 5) is 20.8. The number of hydrogen-bond acceptors (Lipinski definition) is 6. The molecule has 0 aliphatic rings. The van der Waals surface area contributed by atoms with Crippen molar-refractivity contribution < 1.29 is 4.79 Å². The minimum Gasteiger partial charge on any atom is -0.320 e. The molecule has 2 heterocycles. The highest BCUT2D eigenvalue weighted by atomic mass is 32.1. The molecule has 124 valence electrons. The van der Waals surface area contributed by atoms with E-state index < -0.39 is 6.04 Å². The quantitative estimate of drug-likeness (QED) is 0.697. The third-order valence-corrected chi connectivity index (χ3v) is 4.43. The van der Waals surface area contributed by atoms with Crippen LogP contribution in [0.2, 0.25) is 0 Å². The number of thiazole rings is 1. The average molecular weight is 351 g/mol. The number of rotatable bonds is 6. The average Bonchev–Trinajstić information content (AvgIpc) is 2.95. The minimum absolute atomic E-state index is 0.0950. The Bertz CT molecular complexity index is 652. The zero-order valence-corrected chi connectivity index (χ0v) is 15.2. The topological polar surface area (TPSA) is 80.9 Å². The Morgan fingerprint density at radius 2 is 2.13 bits per heavy atom. The second-order valence-electron chi connectivity index (χ2n) is 5.91. The highest BCUT2D eigenvalue weighted by molar-refractivity contribution is 7.80. The molecule has 1 amide bonds. The van der Waals surface area contributed by atoms with E-state index in [0.717, 1.165) is 16.3 Å². The van der Waals surface area contributed by atoms with Gasteiger partial charge in [0.05, 0.1) is 11.7 Å². The molecule has 1 unspecified atom stereocenters. The van der Waals surface area contributed by atoms with E-state index in [0.29, 0.717) is 18.2 Å². The van der Waals surface area contributed by atoms with Gasteiger partial charge in [-0.05, 0) is 31.4 Å². The third-order valence-electron chi connectivity index (χ3n) is 3.28. The molecule has 2 atom stereocenters. The van der Waals surface area contributed by atoms with Crippen LogP contribution in [0, 0.1) is 5.92 Å². The highest BCUT2D eigenvalue weighted by Crippen LogP contribution is 2.27. The first kappa shape index (κ1) is 17.9. The number of thiol groups is 1. The van der Waals surface area contributed by atoms with Gasteiger partial charge in [0.1, 0.15) is 10.8 Å². The summed E-state index contributed by atoms with van der Waals surface area (Å²) in [6, 6.07) is 3.38. The molecule has 0 radical (unpaired) electrons. The first-order valence-corrected chi connectivity index (χ1v) is 8.92. The standard InChI is InChI=1S/C16H22N4OS2/c1-9(2)6-12(17)15(21)19-14-8-23-16(20-14)11-4-5-13(10(3)22)18-7-11/h4-5,7-10,12,22H,6,17H2,1-3H3,(H,19,21)/t10?,12-/m0/s1. The lowest BCUT2D eigenvalue weighted by Gasteiger charge is -2.12. The van der Waals surface area contributed by atoms with Gasteiger partial charge in [0.15, 0.2) is 0 Å². The second-order valence-corrected chi connectivity index (χ2v) is 7.54. The smallest absolute Gasteiger partial charge is 0.242 e. The Morgan fingerprint density at radius 3 is 2.70 bits per heavy atom. The Hall–Kier alpha value is -1.44. The molecule has 5 nitrogen and oxygen atoms in total. The van der Waals surface area contributed by atoms with E-state index >= 15 is 0 Å². The molecule has 0 spiro atoms. The Morgan fingerprint density at radius 1 is 1.39 bits per heavy atom. The van der Waals surface area contributed by atoms with E-state index in [1.807, 2.05) is 38.3 Å². The molecule has 0 bridgehead atoms. The first-order chi connectivity index (χ1) is 10.9. The molecule has 0 saturated carbocycles. The number of anilines is 1. The van der Waals surface area contributed by atoms with Gasteiger partial charge in [0.2, 0.25) is 5.91 Å². The Labute approximate surface area is 146 Å². The van der Waals surface area contributed by atoms with Crippen molar-refractivity contribution in [3.63, 3.8) is 0 Å². The van der Waals surface area contributed by atoms with Crippen LogP contribution in [0.1, 0.15) is 38.1 Å². The van der Waals surface area contributed by atoms with Gasteiger partial charge in [-0.25, -0.2) is 4.98 Å². The summed E-state index contributed by atoms with van der Waals surface area (Å²) < 4.78 is 0. The molecule has 2 aromatic heterocycles. The lowest BCUT2D eigenvalue weighted by atomic mass is 10.0. The van der Waals surface area contributed by atoms with Gasteiger partial charge >= 0.3 is 0 Å². The van der Waals surface area contributed by atoms with E-state index in [1.54, 1.807) is 6.20 Å². The van der Waals surface area contributed by atoms with Crippen LogP contribution in [0.25, 0.3) is 10.6 Å². The minimum atomic E-state index is -0.516. The van der Waals surface area contributed by atoms with Crippen LogP contribution >= 0.6 is 24.0 Å². The molecular weight excluding hydrogens is 328 g/mol. The number of nitrogens with one attached hydrogen (secondary N) is 1.